The molecule has 2 aliphatic heterocycles. The number of hydrogen-bond acceptors (Lipinski definition) is 5. The Kier molecular flexibility index (Phi) is 4.03. The van der Waals surface area contributed by atoms with Crippen LogP contribution in [0.3, 0.4) is 0 Å². The second kappa shape index (κ2) is 6.04. The Hall–Kier alpha value is -1.17. The Morgan fingerprint density at radius 1 is 1.17 bits per heavy atom. The summed E-state index contributed by atoms with van der Waals surface area (Å²) in [6, 6.07) is 5.24. The Morgan fingerprint density at radius 3 is 2.74 bits per heavy atom. The van der Waals surface area contributed by atoms with Crippen molar-refractivity contribution in [3.63, 3.8) is 0 Å². The number of hydrogen-bond donors (Lipinski definition) is 0. The summed E-state index contributed by atoms with van der Waals surface area (Å²) >= 11 is 1.94. The summed E-state index contributed by atoms with van der Waals surface area (Å²) < 4.78 is 5.32. The highest BCUT2D eigenvalue weighted by atomic mass is 32.1. The summed E-state index contributed by atoms with van der Waals surface area (Å²) in [5.74, 6) is 1.79. The number of rotatable bonds is 4. The molecule has 2 aromatic heterocycles. The smallest absolute Gasteiger partial charge is 0.138 e. The van der Waals surface area contributed by atoms with Gasteiger partial charge in [0.2, 0.25) is 0 Å². The van der Waals surface area contributed by atoms with E-state index < -0.39 is 0 Å². The van der Waals surface area contributed by atoms with Gasteiger partial charge in [-0.2, -0.15) is 0 Å². The number of thiophene rings is 1. The van der Waals surface area contributed by atoms with Gasteiger partial charge >= 0.3 is 0 Å². The zero-order chi connectivity index (χ0) is 16.0. The molecule has 2 unspecified atom stereocenters. The van der Waals surface area contributed by atoms with Crippen molar-refractivity contribution >= 4 is 11.3 Å². The largest absolute Gasteiger partial charge is 0.361 e. The second-order valence-electron chi connectivity index (χ2n) is 7.19. The lowest BCUT2D eigenvalue weighted by Gasteiger charge is -2.32. The third kappa shape index (κ3) is 3.10. The van der Waals surface area contributed by atoms with Crippen LogP contribution in [0.5, 0.6) is 0 Å². The highest BCUT2D eigenvalue weighted by molar-refractivity contribution is 7.11. The summed E-state index contributed by atoms with van der Waals surface area (Å²) in [6.07, 6.45) is 1.36. The lowest BCUT2D eigenvalue weighted by molar-refractivity contribution is 0.153. The highest BCUT2D eigenvalue weighted by Crippen LogP contribution is 2.33. The van der Waals surface area contributed by atoms with E-state index >= 15 is 0 Å². The quantitative estimate of drug-likeness (QED) is 0.860. The predicted octanol–water partition coefficient (Wildman–Crippen LogP) is 3.37. The van der Waals surface area contributed by atoms with Crippen molar-refractivity contribution in [3.05, 3.63) is 38.9 Å². The molecule has 4 nitrogen and oxygen atoms in total. The molecule has 2 aliphatic rings. The van der Waals surface area contributed by atoms with Gasteiger partial charge in [0, 0.05) is 54.1 Å². The van der Waals surface area contributed by atoms with Crippen LogP contribution in [0.25, 0.3) is 0 Å². The molecule has 0 radical (unpaired) electrons. The first-order valence-electron chi connectivity index (χ1n) is 8.52. The Bertz CT molecular complexity index is 673. The molecular formula is C18H25N3OS. The summed E-state index contributed by atoms with van der Waals surface area (Å²) in [7, 11) is 0. The number of fused-ring (bicyclic) bond motifs is 2. The summed E-state index contributed by atoms with van der Waals surface area (Å²) in [4.78, 5) is 8.23. The van der Waals surface area contributed by atoms with Gasteiger partial charge in [0.05, 0.1) is 5.69 Å². The molecule has 5 heteroatoms. The Morgan fingerprint density at radius 2 is 2.04 bits per heavy atom. The molecule has 2 atom stereocenters. The molecule has 2 fully saturated rings. The predicted molar refractivity (Wildman–Crippen MR) is 92.6 cm³/mol. The van der Waals surface area contributed by atoms with Crippen LogP contribution in [0.4, 0.5) is 0 Å². The van der Waals surface area contributed by atoms with E-state index in [-0.39, 0.29) is 0 Å². The van der Waals surface area contributed by atoms with Crippen molar-refractivity contribution < 1.29 is 4.52 Å². The van der Waals surface area contributed by atoms with Gasteiger partial charge < -0.3 is 4.52 Å². The van der Waals surface area contributed by atoms with E-state index in [9.17, 15) is 0 Å². The normalized spacial score (nSPS) is 25.3. The molecule has 4 rings (SSSR count). The van der Waals surface area contributed by atoms with Crippen molar-refractivity contribution in [2.75, 3.05) is 19.6 Å². The molecule has 23 heavy (non-hydrogen) atoms. The van der Waals surface area contributed by atoms with Gasteiger partial charge in [0.1, 0.15) is 5.76 Å². The lowest BCUT2D eigenvalue weighted by Crippen LogP contribution is -2.41. The number of likely N-dealkylation sites (tertiary alicyclic amines) is 2. The van der Waals surface area contributed by atoms with E-state index in [0.717, 1.165) is 30.5 Å². The molecule has 0 aliphatic carbocycles. The second-order valence-corrected chi connectivity index (χ2v) is 8.57. The van der Waals surface area contributed by atoms with Crippen molar-refractivity contribution in [1.82, 2.24) is 15.0 Å². The first-order valence-corrected chi connectivity index (χ1v) is 9.33. The van der Waals surface area contributed by atoms with Gasteiger partial charge in [-0.25, -0.2) is 0 Å². The lowest BCUT2D eigenvalue weighted by atomic mass is 9.99. The van der Waals surface area contributed by atoms with Gasteiger partial charge in [-0.3, -0.25) is 9.80 Å². The number of aryl methyl sites for hydroxylation is 3. The van der Waals surface area contributed by atoms with Crippen LogP contribution < -0.4 is 0 Å². The van der Waals surface area contributed by atoms with Gasteiger partial charge in [-0.1, -0.05) is 5.16 Å². The first kappa shape index (κ1) is 15.4. The molecule has 0 amide bonds. The molecule has 0 saturated carbocycles. The fraction of sp³-hybridized carbons (Fsp3) is 0.611. The molecule has 124 valence electrons. The Labute approximate surface area is 142 Å². The van der Waals surface area contributed by atoms with Gasteiger partial charge in [0.25, 0.3) is 0 Å². The van der Waals surface area contributed by atoms with Crippen LogP contribution in [0.1, 0.15) is 33.2 Å². The molecule has 0 spiro atoms. The standard InChI is InChI=1S/C18H25N3OS/c1-12-4-5-17(23-12)10-21-8-15-6-16(21)9-20(7-15)11-18-13(2)19-22-14(18)3/h4-5,15-16H,6-11H2,1-3H3. The van der Waals surface area contributed by atoms with Crippen LogP contribution in [-0.2, 0) is 13.1 Å². The van der Waals surface area contributed by atoms with Crippen LogP contribution in [0, 0.1) is 26.7 Å². The van der Waals surface area contributed by atoms with Crippen LogP contribution in [-0.4, -0.2) is 40.6 Å². The SMILES string of the molecule is Cc1ccc(CN2CC3CC2CN(Cc2c(C)noc2C)C3)s1. The fourth-order valence-corrected chi connectivity index (χ4v) is 5.11. The van der Waals surface area contributed by atoms with Crippen molar-refractivity contribution in [3.8, 4) is 0 Å². The Balaban J connectivity index is 1.42. The molecule has 2 saturated heterocycles. The minimum Gasteiger partial charge on any atom is -0.361 e. The zero-order valence-electron chi connectivity index (χ0n) is 14.2. The van der Waals surface area contributed by atoms with E-state index in [0.29, 0.717) is 6.04 Å². The first-order chi connectivity index (χ1) is 11.1. The van der Waals surface area contributed by atoms with Gasteiger partial charge in [-0.15, -0.1) is 11.3 Å². The third-order valence-corrected chi connectivity index (χ3v) is 6.30. The average Bonchev–Trinajstić information content (AvgIpc) is 3.14. The van der Waals surface area contributed by atoms with Crippen LogP contribution in [0.2, 0.25) is 0 Å². The summed E-state index contributed by atoms with van der Waals surface area (Å²) in [5.41, 5.74) is 2.33. The highest BCUT2D eigenvalue weighted by Gasteiger charge is 2.38. The third-order valence-electron chi connectivity index (χ3n) is 5.32. The van der Waals surface area contributed by atoms with Crippen molar-refractivity contribution in [2.24, 2.45) is 5.92 Å². The van der Waals surface area contributed by atoms with Gasteiger partial charge in [-0.05, 0) is 45.2 Å². The fourth-order valence-electron chi connectivity index (χ4n) is 4.19. The zero-order valence-corrected chi connectivity index (χ0v) is 15.0. The number of piperidine rings is 1. The number of aromatic nitrogens is 1. The van der Waals surface area contributed by atoms with E-state index in [4.69, 9.17) is 4.52 Å². The maximum atomic E-state index is 5.32. The topological polar surface area (TPSA) is 32.5 Å². The van der Waals surface area contributed by atoms with Gasteiger partial charge in [0.15, 0.2) is 0 Å². The van der Waals surface area contributed by atoms with Crippen LogP contribution in [0.15, 0.2) is 16.7 Å². The van der Waals surface area contributed by atoms with E-state index in [1.165, 1.54) is 41.4 Å². The molecule has 0 aromatic carbocycles. The average molecular weight is 331 g/mol. The van der Waals surface area contributed by atoms with Crippen molar-refractivity contribution in [1.29, 1.82) is 0 Å². The van der Waals surface area contributed by atoms with E-state index in [2.05, 4.69) is 40.9 Å². The molecule has 2 bridgehead atoms. The molecule has 4 heterocycles. The van der Waals surface area contributed by atoms with E-state index in [1.807, 2.05) is 18.3 Å². The maximum absolute atomic E-state index is 5.32. The summed E-state index contributed by atoms with van der Waals surface area (Å²) in [5, 5.41) is 4.10. The number of nitrogens with zero attached hydrogens (tertiary/aromatic N) is 3. The molecule has 2 aromatic rings. The maximum Gasteiger partial charge on any atom is 0.138 e. The minimum atomic E-state index is 0.705. The molecular weight excluding hydrogens is 306 g/mol. The van der Waals surface area contributed by atoms with Crippen LogP contribution >= 0.6 is 11.3 Å². The summed E-state index contributed by atoms with van der Waals surface area (Å²) in [6.45, 7) is 12.0. The monoisotopic (exact) mass is 331 g/mol. The van der Waals surface area contributed by atoms with Crippen molar-refractivity contribution in [2.45, 2.75) is 46.3 Å². The molecule has 0 N–H and O–H groups in total. The van der Waals surface area contributed by atoms with E-state index in [1.54, 1.807) is 0 Å². The minimum absolute atomic E-state index is 0.705.